The molecule has 3 N–H and O–H groups in total. The normalized spacial score (nSPS) is 13.5. The lowest BCUT2D eigenvalue weighted by molar-refractivity contribution is -0.188. The molecule has 1 unspecified atom stereocenters. The van der Waals surface area contributed by atoms with Crippen molar-refractivity contribution in [3.05, 3.63) is 145 Å². The van der Waals surface area contributed by atoms with Gasteiger partial charge in [0.25, 0.3) is 0 Å². The molecule has 8 rings (SSSR count). The van der Waals surface area contributed by atoms with Crippen LogP contribution in [0.1, 0.15) is 5.82 Å². The topological polar surface area (TPSA) is 78.5 Å². The van der Waals surface area contributed by atoms with Crippen molar-refractivity contribution in [1.29, 1.82) is 0 Å². The van der Waals surface area contributed by atoms with Gasteiger partial charge in [-0.15, -0.1) is 0 Å². The third-order valence-corrected chi connectivity index (χ3v) is 9.30. The SMILES string of the molecule is BC(O)(O)C(B)(O)c1nc2ccccc2n1-c1cccc(-c2c3ccccc3c(-c3cccc4ccccc34)c3ccccc23)c1. The average Bonchev–Trinajstić information content (AvgIpc) is 3.47. The first kappa shape index (κ1) is 28.3. The van der Waals surface area contributed by atoms with Crippen molar-refractivity contribution in [3.8, 4) is 27.9 Å². The quantitative estimate of drug-likeness (QED) is 0.132. The predicted molar refractivity (Wildman–Crippen MR) is 193 cm³/mol. The van der Waals surface area contributed by atoms with Gasteiger partial charge in [-0.05, 0) is 78.8 Å². The third-order valence-electron chi connectivity index (χ3n) is 9.30. The fraction of sp³-hybridized carbons (Fsp3) is 0.0513. The van der Waals surface area contributed by atoms with E-state index in [0.717, 1.165) is 43.9 Å². The van der Waals surface area contributed by atoms with Crippen LogP contribution in [0.5, 0.6) is 0 Å². The molecule has 1 aromatic heterocycles. The average molecular weight is 596 g/mol. The van der Waals surface area contributed by atoms with Crippen LogP contribution < -0.4 is 0 Å². The molecule has 0 aliphatic rings. The highest BCUT2D eigenvalue weighted by molar-refractivity contribution is 6.25. The summed E-state index contributed by atoms with van der Waals surface area (Å²) < 4.78 is 1.82. The zero-order valence-corrected chi connectivity index (χ0v) is 25.5. The standard InChI is InChI=1S/C39H30B2N2O3/c40-38(44,39(41,45)46)37-42-33-21-7-8-22-34(33)43(37)26-14-9-13-25(23-26)35-29-16-3-5-18-31(29)36(32-19-6-4-17-30(32)35)28-20-10-12-24-11-1-2-15-27(24)28/h1-23,44-46H,40-41H2. The molecule has 7 heteroatoms. The molecule has 8 aromatic rings. The number of hydrogen-bond donors (Lipinski definition) is 3. The van der Waals surface area contributed by atoms with Crippen LogP contribution in [0.3, 0.4) is 0 Å². The van der Waals surface area contributed by atoms with E-state index in [9.17, 15) is 15.3 Å². The molecule has 5 nitrogen and oxygen atoms in total. The molecule has 1 atom stereocenters. The minimum absolute atomic E-state index is 0.138. The van der Waals surface area contributed by atoms with E-state index >= 15 is 0 Å². The number of aromatic nitrogens is 2. The van der Waals surface area contributed by atoms with Crippen LogP contribution in [-0.2, 0) is 5.50 Å². The van der Waals surface area contributed by atoms with Crippen molar-refractivity contribution >= 4 is 59.0 Å². The van der Waals surface area contributed by atoms with Crippen LogP contribution in [0.25, 0.3) is 71.3 Å². The van der Waals surface area contributed by atoms with Crippen molar-refractivity contribution in [1.82, 2.24) is 9.55 Å². The van der Waals surface area contributed by atoms with Crippen molar-refractivity contribution in [2.45, 2.75) is 11.2 Å². The van der Waals surface area contributed by atoms with Gasteiger partial charge >= 0.3 is 0 Å². The van der Waals surface area contributed by atoms with E-state index in [-0.39, 0.29) is 5.82 Å². The first-order valence-corrected chi connectivity index (χ1v) is 15.4. The molecular formula is C39H30B2N2O3. The molecule has 0 aliphatic carbocycles. The number of nitrogens with zero attached hydrogens (tertiary/aromatic N) is 2. The van der Waals surface area contributed by atoms with E-state index in [1.165, 1.54) is 37.6 Å². The lowest BCUT2D eigenvalue weighted by Gasteiger charge is -2.34. The summed E-state index contributed by atoms with van der Waals surface area (Å²) in [5, 5.41) is 39.7. The zero-order chi connectivity index (χ0) is 31.6. The van der Waals surface area contributed by atoms with E-state index in [2.05, 4.69) is 103 Å². The Morgan fingerprint density at radius 1 is 0.543 bits per heavy atom. The second-order valence-electron chi connectivity index (χ2n) is 12.3. The van der Waals surface area contributed by atoms with Crippen molar-refractivity contribution in [3.63, 3.8) is 0 Å². The molecule has 0 bridgehead atoms. The number of hydrogen-bond acceptors (Lipinski definition) is 4. The van der Waals surface area contributed by atoms with Gasteiger partial charge in [0, 0.05) is 5.69 Å². The molecule has 7 aromatic carbocycles. The predicted octanol–water partition coefficient (Wildman–Crippen LogP) is 5.87. The number of imidazole rings is 1. The molecule has 1 heterocycles. The maximum absolute atomic E-state index is 11.5. The molecule has 0 amide bonds. The first-order chi connectivity index (χ1) is 22.2. The van der Waals surface area contributed by atoms with Gasteiger partial charge in [-0.25, -0.2) is 4.98 Å². The minimum Gasteiger partial charge on any atom is -0.387 e. The highest BCUT2D eigenvalue weighted by Crippen LogP contribution is 2.45. The number of benzene rings is 7. The van der Waals surface area contributed by atoms with Gasteiger partial charge in [0.1, 0.15) is 17.0 Å². The van der Waals surface area contributed by atoms with Gasteiger partial charge in [-0.1, -0.05) is 115 Å². The maximum atomic E-state index is 11.5. The Kier molecular flexibility index (Phi) is 6.41. The summed E-state index contributed by atoms with van der Waals surface area (Å²) in [5.41, 5.74) is 2.12. The Morgan fingerprint density at radius 2 is 1.09 bits per heavy atom. The number of fused-ring (bicyclic) bond motifs is 4. The zero-order valence-electron chi connectivity index (χ0n) is 25.5. The summed E-state index contributed by atoms with van der Waals surface area (Å²) in [6.45, 7) is 0. The Balaban J connectivity index is 1.43. The van der Waals surface area contributed by atoms with Crippen molar-refractivity contribution in [2.24, 2.45) is 0 Å². The Bertz CT molecular complexity index is 2400. The first-order valence-electron chi connectivity index (χ1n) is 15.4. The lowest BCUT2D eigenvalue weighted by Crippen LogP contribution is -2.54. The molecule has 0 saturated heterocycles. The van der Waals surface area contributed by atoms with Crippen LogP contribution in [0, 0.1) is 0 Å². The Hall–Kier alpha value is -5.20. The molecule has 0 aliphatic heterocycles. The van der Waals surface area contributed by atoms with Crippen LogP contribution in [0.4, 0.5) is 0 Å². The highest BCUT2D eigenvalue weighted by Gasteiger charge is 2.45. The molecule has 220 valence electrons. The van der Waals surface area contributed by atoms with Gasteiger partial charge in [0.2, 0.25) is 0 Å². The van der Waals surface area contributed by atoms with E-state index in [0.29, 0.717) is 5.52 Å². The lowest BCUT2D eigenvalue weighted by atomic mass is 9.65. The van der Waals surface area contributed by atoms with Gasteiger partial charge in [-0.2, -0.15) is 0 Å². The minimum atomic E-state index is -2.44. The van der Waals surface area contributed by atoms with Gasteiger partial charge < -0.3 is 15.3 Å². The van der Waals surface area contributed by atoms with E-state index < -0.39 is 11.2 Å². The fourth-order valence-electron chi connectivity index (χ4n) is 6.80. The summed E-state index contributed by atoms with van der Waals surface area (Å²) in [7, 11) is 2.55. The second-order valence-corrected chi connectivity index (χ2v) is 12.3. The molecular weight excluding hydrogens is 566 g/mol. The smallest absolute Gasteiger partial charge is 0.181 e. The largest absolute Gasteiger partial charge is 0.387 e. The molecule has 0 radical (unpaired) electrons. The molecule has 0 spiro atoms. The summed E-state index contributed by atoms with van der Waals surface area (Å²) >= 11 is 0. The monoisotopic (exact) mass is 596 g/mol. The number of para-hydroxylation sites is 2. The molecule has 0 saturated carbocycles. The van der Waals surface area contributed by atoms with E-state index in [1.807, 2.05) is 41.0 Å². The third kappa shape index (κ3) is 4.28. The van der Waals surface area contributed by atoms with Crippen LogP contribution in [-0.4, -0.2) is 46.2 Å². The summed E-state index contributed by atoms with van der Waals surface area (Å²) in [4.78, 5) is 4.69. The van der Waals surface area contributed by atoms with Crippen LogP contribution in [0.15, 0.2) is 140 Å². The number of aliphatic hydroxyl groups is 3. The van der Waals surface area contributed by atoms with Crippen molar-refractivity contribution < 1.29 is 15.3 Å². The summed E-state index contributed by atoms with van der Waals surface area (Å²) in [6, 6.07) is 47.9. The van der Waals surface area contributed by atoms with Gasteiger partial charge in [0.15, 0.2) is 15.7 Å². The molecule has 46 heavy (non-hydrogen) atoms. The molecule has 0 fully saturated rings. The number of rotatable bonds is 5. The van der Waals surface area contributed by atoms with Gasteiger partial charge in [0.05, 0.1) is 11.0 Å². The van der Waals surface area contributed by atoms with Crippen LogP contribution in [0.2, 0.25) is 0 Å². The second kappa shape index (κ2) is 10.4. The van der Waals surface area contributed by atoms with Crippen LogP contribution >= 0.6 is 0 Å². The van der Waals surface area contributed by atoms with Crippen molar-refractivity contribution in [2.75, 3.05) is 0 Å². The van der Waals surface area contributed by atoms with Gasteiger partial charge in [-0.3, -0.25) is 4.57 Å². The van der Waals surface area contributed by atoms with E-state index in [4.69, 9.17) is 4.98 Å². The summed E-state index contributed by atoms with van der Waals surface area (Å²) in [5.74, 6) is 0.138. The Morgan fingerprint density at radius 3 is 1.76 bits per heavy atom. The van der Waals surface area contributed by atoms with E-state index in [1.54, 1.807) is 0 Å². The highest BCUT2D eigenvalue weighted by atomic mass is 16.5. The fourth-order valence-corrected chi connectivity index (χ4v) is 6.80. The Labute approximate surface area is 267 Å². The maximum Gasteiger partial charge on any atom is 0.181 e. The summed E-state index contributed by atoms with van der Waals surface area (Å²) in [6.07, 6.45) is 0.